The van der Waals surface area contributed by atoms with Gasteiger partial charge in [-0.25, -0.2) is 14.8 Å². The standard InChI is InChI=1S/C10H10N2O2S2/c1-5-6(2)15-9(12-5)3-8-11-4-7(16-8)10(13)14/h4H,3H2,1-2H3,(H,13,14). The molecule has 0 aliphatic heterocycles. The van der Waals surface area contributed by atoms with Crippen LogP contribution in [0.3, 0.4) is 0 Å². The van der Waals surface area contributed by atoms with Crippen LogP contribution in [0.15, 0.2) is 6.20 Å². The van der Waals surface area contributed by atoms with Gasteiger partial charge in [0.1, 0.15) is 9.88 Å². The zero-order valence-corrected chi connectivity index (χ0v) is 10.5. The van der Waals surface area contributed by atoms with Crippen LogP contribution in [0.5, 0.6) is 0 Å². The molecule has 2 heterocycles. The Kier molecular flexibility index (Phi) is 3.02. The molecule has 0 spiro atoms. The number of aromatic nitrogens is 2. The van der Waals surface area contributed by atoms with E-state index in [1.165, 1.54) is 22.4 Å². The van der Waals surface area contributed by atoms with E-state index in [1.54, 1.807) is 11.3 Å². The molecule has 2 rings (SSSR count). The third-order valence-corrected chi connectivity index (χ3v) is 4.20. The van der Waals surface area contributed by atoms with Gasteiger partial charge in [0.15, 0.2) is 0 Å². The predicted molar refractivity (Wildman–Crippen MR) is 63.5 cm³/mol. The minimum Gasteiger partial charge on any atom is -0.477 e. The van der Waals surface area contributed by atoms with E-state index in [0.717, 1.165) is 15.7 Å². The van der Waals surface area contributed by atoms with Crippen molar-refractivity contribution in [3.05, 3.63) is 31.7 Å². The highest BCUT2D eigenvalue weighted by molar-refractivity contribution is 7.14. The van der Waals surface area contributed by atoms with Gasteiger partial charge in [-0.15, -0.1) is 22.7 Å². The van der Waals surface area contributed by atoms with Crippen molar-refractivity contribution in [1.82, 2.24) is 9.97 Å². The molecule has 0 atom stereocenters. The maximum Gasteiger partial charge on any atom is 0.347 e. The molecule has 0 amide bonds. The van der Waals surface area contributed by atoms with E-state index in [-0.39, 0.29) is 4.88 Å². The summed E-state index contributed by atoms with van der Waals surface area (Å²) in [6, 6.07) is 0. The van der Waals surface area contributed by atoms with Crippen LogP contribution in [0.1, 0.15) is 30.3 Å². The van der Waals surface area contributed by atoms with Crippen LogP contribution in [0.2, 0.25) is 0 Å². The second-order valence-corrected chi connectivity index (χ2v) is 5.75. The van der Waals surface area contributed by atoms with E-state index in [1.807, 2.05) is 13.8 Å². The normalized spacial score (nSPS) is 10.6. The van der Waals surface area contributed by atoms with Gasteiger partial charge in [-0.2, -0.15) is 0 Å². The summed E-state index contributed by atoms with van der Waals surface area (Å²) in [6.45, 7) is 4.00. The molecule has 0 unspecified atom stereocenters. The summed E-state index contributed by atoms with van der Waals surface area (Å²) in [5.74, 6) is -0.921. The van der Waals surface area contributed by atoms with Crippen LogP contribution in [0, 0.1) is 13.8 Å². The fourth-order valence-electron chi connectivity index (χ4n) is 1.24. The molecule has 0 saturated carbocycles. The first-order chi connectivity index (χ1) is 7.56. The molecular formula is C10H10N2O2S2. The lowest BCUT2D eigenvalue weighted by molar-refractivity contribution is 0.0702. The molecule has 16 heavy (non-hydrogen) atoms. The quantitative estimate of drug-likeness (QED) is 0.914. The highest BCUT2D eigenvalue weighted by Gasteiger charge is 2.11. The molecule has 84 valence electrons. The number of carboxylic acids is 1. The SMILES string of the molecule is Cc1nc(Cc2ncc(C(=O)O)s2)sc1C. The number of carboxylic acid groups (broad SMARTS) is 1. The van der Waals surface area contributed by atoms with Crippen LogP contribution < -0.4 is 0 Å². The minimum atomic E-state index is -0.921. The maximum absolute atomic E-state index is 10.7. The second kappa shape index (κ2) is 4.31. The van der Waals surface area contributed by atoms with Gasteiger partial charge in [0.2, 0.25) is 0 Å². The molecule has 0 bridgehead atoms. The second-order valence-electron chi connectivity index (χ2n) is 3.35. The molecule has 0 aliphatic carbocycles. The molecule has 2 aromatic heterocycles. The summed E-state index contributed by atoms with van der Waals surface area (Å²) in [6.07, 6.45) is 2.02. The minimum absolute atomic E-state index is 0.278. The third-order valence-electron chi connectivity index (χ3n) is 2.14. The molecule has 0 fully saturated rings. The van der Waals surface area contributed by atoms with Crippen molar-refractivity contribution in [2.45, 2.75) is 20.3 Å². The van der Waals surface area contributed by atoms with Crippen molar-refractivity contribution in [2.75, 3.05) is 0 Å². The number of thiazole rings is 2. The smallest absolute Gasteiger partial charge is 0.347 e. The number of hydrogen-bond acceptors (Lipinski definition) is 5. The van der Waals surface area contributed by atoms with Crippen molar-refractivity contribution in [2.24, 2.45) is 0 Å². The Bertz CT molecular complexity index is 511. The lowest BCUT2D eigenvalue weighted by Gasteiger charge is -1.89. The molecule has 0 saturated heterocycles. The molecule has 0 aliphatic rings. The average Bonchev–Trinajstić information content (AvgIpc) is 2.76. The van der Waals surface area contributed by atoms with Gasteiger partial charge in [0, 0.05) is 4.88 Å². The number of aryl methyl sites for hydroxylation is 2. The summed E-state index contributed by atoms with van der Waals surface area (Å²) in [4.78, 5) is 20.6. The molecule has 1 N–H and O–H groups in total. The number of hydrogen-bond donors (Lipinski definition) is 1. The number of carbonyl (C=O) groups is 1. The van der Waals surface area contributed by atoms with Crippen molar-refractivity contribution < 1.29 is 9.90 Å². The van der Waals surface area contributed by atoms with Gasteiger partial charge in [-0.05, 0) is 13.8 Å². The van der Waals surface area contributed by atoms with Crippen molar-refractivity contribution in [3.63, 3.8) is 0 Å². The largest absolute Gasteiger partial charge is 0.477 e. The maximum atomic E-state index is 10.7. The Morgan fingerprint density at radius 2 is 2.12 bits per heavy atom. The van der Waals surface area contributed by atoms with E-state index >= 15 is 0 Å². The van der Waals surface area contributed by atoms with E-state index in [2.05, 4.69) is 9.97 Å². The zero-order valence-electron chi connectivity index (χ0n) is 8.85. The lowest BCUT2D eigenvalue weighted by Crippen LogP contribution is -1.89. The van der Waals surface area contributed by atoms with Crippen LogP contribution in [0.4, 0.5) is 0 Å². The highest BCUT2D eigenvalue weighted by Crippen LogP contribution is 2.22. The molecular weight excluding hydrogens is 244 g/mol. The average molecular weight is 254 g/mol. The van der Waals surface area contributed by atoms with Gasteiger partial charge in [0.05, 0.1) is 23.3 Å². The van der Waals surface area contributed by atoms with Crippen molar-refractivity contribution in [3.8, 4) is 0 Å². The van der Waals surface area contributed by atoms with Crippen molar-refractivity contribution >= 4 is 28.6 Å². The summed E-state index contributed by atoms with van der Waals surface area (Å²) in [5.41, 5.74) is 1.04. The Hall–Kier alpha value is -1.27. The van der Waals surface area contributed by atoms with Gasteiger partial charge in [-0.1, -0.05) is 0 Å². The van der Waals surface area contributed by atoms with Crippen LogP contribution in [0.25, 0.3) is 0 Å². The van der Waals surface area contributed by atoms with Crippen LogP contribution in [-0.4, -0.2) is 21.0 Å². The van der Waals surface area contributed by atoms with Gasteiger partial charge in [0.25, 0.3) is 0 Å². The van der Waals surface area contributed by atoms with Gasteiger partial charge < -0.3 is 5.11 Å². The summed E-state index contributed by atoms with van der Waals surface area (Å²) < 4.78 is 0. The molecule has 2 aromatic rings. The van der Waals surface area contributed by atoms with E-state index in [4.69, 9.17) is 5.11 Å². The lowest BCUT2D eigenvalue weighted by atomic mass is 10.4. The first-order valence-electron chi connectivity index (χ1n) is 4.67. The van der Waals surface area contributed by atoms with Gasteiger partial charge >= 0.3 is 5.97 Å². The topological polar surface area (TPSA) is 63.1 Å². The first-order valence-corrected chi connectivity index (χ1v) is 6.30. The summed E-state index contributed by atoms with van der Waals surface area (Å²) >= 11 is 2.84. The van der Waals surface area contributed by atoms with Gasteiger partial charge in [-0.3, -0.25) is 0 Å². The van der Waals surface area contributed by atoms with E-state index in [9.17, 15) is 4.79 Å². The Morgan fingerprint density at radius 1 is 1.38 bits per heavy atom. The molecule has 0 aromatic carbocycles. The fraction of sp³-hybridized carbons (Fsp3) is 0.300. The number of aromatic carboxylic acids is 1. The van der Waals surface area contributed by atoms with Crippen LogP contribution >= 0.6 is 22.7 Å². The zero-order chi connectivity index (χ0) is 11.7. The van der Waals surface area contributed by atoms with E-state index < -0.39 is 5.97 Å². The summed E-state index contributed by atoms with van der Waals surface area (Å²) in [7, 11) is 0. The van der Waals surface area contributed by atoms with E-state index in [0.29, 0.717) is 6.42 Å². The Balaban J connectivity index is 2.17. The summed E-state index contributed by atoms with van der Waals surface area (Å²) in [5, 5.41) is 10.6. The molecule has 0 radical (unpaired) electrons. The number of rotatable bonds is 3. The van der Waals surface area contributed by atoms with Crippen molar-refractivity contribution in [1.29, 1.82) is 0 Å². The van der Waals surface area contributed by atoms with Crippen LogP contribution in [-0.2, 0) is 6.42 Å². The molecule has 6 heteroatoms. The highest BCUT2D eigenvalue weighted by atomic mass is 32.1. The monoisotopic (exact) mass is 254 g/mol. The Morgan fingerprint density at radius 3 is 2.62 bits per heavy atom. The Labute approximate surface area is 101 Å². The fourth-order valence-corrected chi connectivity index (χ4v) is 3.03. The number of nitrogens with zero attached hydrogens (tertiary/aromatic N) is 2. The first kappa shape index (κ1) is 11.2. The predicted octanol–water partition coefficient (Wildman–Crippen LogP) is 2.51. The third kappa shape index (κ3) is 2.28. The molecule has 4 nitrogen and oxygen atoms in total.